The van der Waals surface area contributed by atoms with Gasteiger partial charge in [-0.05, 0) is 43.1 Å². The molecule has 6 nitrogen and oxygen atoms in total. The monoisotopic (exact) mass is 280 g/mol. The Hall–Kier alpha value is -2.11. The number of halogens is 1. The summed E-state index contributed by atoms with van der Waals surface area (Å²) in [5, 5.41) is 6.38. The molecule has 0 aliphatic carbocycles. The zero-order valence-electron chi connectivity index (χ0n) is 11.3. The number of ether oxygens (including phenoxy) is 1. The lowest BCUT2D eigenvalue weighted by Gasteiger charge is -2.17. The molecule has 0 aliphatic heterocycles. The molecule has 0 radical (unpaired) electrons. The van der Waals surface area contributed by atoms with Crippen LogP contribution in [0.3, 0.4) is 0 Å². The number of benzene rings is 1. The fraction of sp³-hybridized carbons (Fsp3) is 0.462. The van der Waals surface area contributed by atoms with Crippen LogP contribution in [0.2, 0.25) is 0 Å². The summed E-state index contributed by atoms with van der Waals surface area (Å²) in [5.74, 6) is -0.866. The summed E-state index contributed by atoms with van der Waals surface area (Å²) in [4.78, 5) is 14.5. The molecule has 1 rings (SSSR count). The molecule has 7 heteroatoms. The van der Waals surface area contributed by atoms with E-state index in [1.165, 1.54) is 12.1 Å². The van der Waals surface area contributed by atoms with Crippen molar-refractivity contribution in [2.75, 3.05) is 19.7 Å². The fourth-order valence-electron chi connectivity index (χ4n) is 1.69. The Morgan fingerprint density at radius 1 is 1.60 bits per heavy atom. The highest BCUT2D eigenvalue weighted by Crippen LogP contribution is 2.16. The number of rotatable bonds is 8. The van der Waals surface area contributed by atoms with E-state index >= 15 is 0 Å². The van der Waals surface area contributed by atoms with Gasteiger partial charge in [0.25, 0.3) is 0 Å². The summed E-state index contributed by atoms with van der Waals surface area (Å²) >= 11 is 0. The van der Waals surface area contributed by atoms with E-state index in [1.807, 2.05) is 0 Å². The third-order valence-corrected chi connectivity index (χ3v) is 2.55. The summed E-state index contributed by atoms with van der Waals surface area (Å²) in [5.41, 5.74) is 8.67. The highest BCUT2D eigenvalue weighted by atomic mass is 19.1. The van der Waals surface area contributed by atoms with Crippen LogP contribution < -0.4 is 5.32 Å². The second-order valence-corrected chi connectivity index (χ2v) is 4.00. The van der Waals surface area contributed by atoms with Gasteiger partial charge in [0.05, 0.1) is 6.61 Å². The molecule has 0 bridgehead atoms. The minimum atomic E-state index is -0.725. The van der Waals surface area contributed by atoms with Crippen LogP contribution in [0, 0.1) is 5.82 Å². The summed E-state index contributed by atoms with van der Waals surface area (Å²) in [6.45, 7) is 2.76. The number of nitrogens with one attached hydrogen (secondary N) is 1. The second-order valence-electron chi connectivity index (χ2n) is 4.00. The van der Waals surface area contributed by atoms with Crippen LogP contribution in [-0.2, 0) is 9.53 Å². The summed E-state index contributed by atoms with van der Waals surface area (Å²) in [6, 6.07) is 5.08. The largest absolute Gasteiger partial charge is 0.465 e. The van der Waals surface area contributed by atoms with Gasteiger partial charge < -0.3 is 10.1 Å². The molecule has 20 heavy (non-hydrogen) atoms. The number of nitrogens with zero attached hydrogens (tertiary/aromatic N) is 3. The SMILES string of the molecule is CCOC(=O)C(NCCCN=[N+]=[N-])c1cccc(F)c1. The molecular weight excluding hydrogens is 263 g/mol. The van der Waals surface area contributed by atoms with E-state index in [2.05, 4.69) is 15.3 Å². The molecule has 1 N–H and O–H groups in total. The molecule has 0 aliphatic rings. The summed E-state index contributed by atoms with van der Waals surface area (Å²) in [6.07, 6.45) is 0.579. The molecule has 1 unspecified atom stereocenters. The number of hydrogen-bond donors (Lipinski definition) is 1. The van der Waals surface area contributed by atoms with Crippen LogP contribution in [0.25, 0.3) is 10.4 Å². The molecule has 1 atom stereocenters. The molecule has 0 spiro atoms. The van der Waals surface area contributed by atoms with E-state index in [0.29, 0.717) is 25.1 Å². The van der Waals surface area contributed by atoms with Crippen LogP contribution in [0.1, 0.15) is 24.9 Å². The zero-order valence-corrected chi connectivity index (χ0v) is 11.3. The molecular formula is C13H17FN4O2. The van der Waals surface area contributed by atoms with Gasteiger partial charge in [-0.1, -0.05) is 17.2 Å². The maximum Gasteiger partial charge on any atom is 0.327 e. The lowest BCUT2D eigenvalue weighted by Crippen LogP contribution is -2.31. The van der Waals surface area contributed by atoms with Crippen LogP contribution >= 0.6 is 0 Å². The first-order chi connectivity index (χ1) is 9.69. The Kier molecular flexibility index (Phi) is 7.10. The Morgan fingerprint density at radius 2 is 2.40 bits per heavy atom. The smallest absolute Gasteiger partial charge is 0.327 e. The van der Waals surface area contributed by atoms with Crippen LogP contribution in [0.15, 0.2) is 29.4 Å². The Bertz CT molecular complexity index is 489. The van der Waals surface area contributed by atoms with E-state index in [9.17, 15) is 9.18 Å². The standard InChI is InChI=1S/C13H17FN4O2/c1-2-20-13(19)12(16-7-4-8-17-18-15)10-5-3-6-11(14)9-10/h3,5-6,9,12,16H,2,4,7-8H2,1H3. The van der Waals surface area contributed by atoms with E-state index in [-0.39, 0.29) is 6.61 Å². The molecule has 0 heterocycles. The normalized spacial score (nSPS) is 11.5. The van der Waals surface area contributed by atoms with Gasteiger partial charge in [-0.15, -0.1) is 0 Å². The highest BCUT2D eigenvalue weighted by Gasteiger charge is 2.21. The third kappa shape index (κ3) is 5.26. The van der Waals surface area contributed by atoms with E-state index < -0.39 is 17.8 Å². The molecule has 1 aromatic rings. The van der Waals surface area contributed by atoms with Crippen molar-refractivity contribution in [2.24, 2.45) is 5.11 Å². The van der Waals surface area contributed by atoms with Crippen LogP contribution in [-0.4, -0.2) is 25.7 Å². The quantitative estimate of drug-likeness (QED) is 0.261. The van der Waals surface area contributed by atoms with Gasteiger partial charge in [0, 0.05) is 11.5 Å². The maximum absolute atomic E-state index is 13.2. The minimum Gasteiger partial charge on any atom is -0.465 e. The van der Waals surface area contributed by atoms with Crippen molar-refractivity contribution in [1.29, 1.82) is 0 Å². The summed E-state index contributed by atoms with van der Waals surface area (Å²) in [7, 11) is 0. The van der Waals surface area contributed by atoms with Crippen LogP contribution in [0.4, 0.5) is 4.39 Å². The highest BCUT2D eigenvalue weighted by molar-refractivity contribution is 5.77. The van der Waals surface area contributed by atoms with Crippen molar-refractivity contribution in [1.82, 2.24) is 5.32 Å². The molecule has 0 saturated carbocycles. The lowest BCUT2D eigenvalue weighted by molar-refractivity contribution is -0.145. The number of azide groups is 1. The van der Waals surface area contributed by atoms with E-state index in [4.69, 9.17) is 10.3 Å². The predicted molar refractivity (Wildman–Crippen MR) is 72.4 cm³/mol. The van der Waals surface area contributed by atoms with Crippen LogP contribution in [0.5, 0.6) is 0 Å². The van der Waals surface area contributed by atoms with Crippen molar-refractivity contribution in [2.45, 2.75) is 19.4 Å². The van der Waals surface area contributed by atoms with E-state index in [1.54, 1.807) is 19.1 Å². The molecule has 0 aromatic heterocycles. The van der Waals surface area contributed by atoms with Gasteiger partial charge in [-0.25, -0.2) is 9.18 Å². The third-order valence-electron chi connectivity index (χ3n) is 2.55. The first-order valence-electron chi connectivity index (χ1n) is 6.35. The molecule has 0 fully saturated rings. The molecule has 0 saturated heterocycles. The first kappa shape index (κ1) is 15.9. The zero-order chi connectivity index (χ0) is 14.8. The van der Waals surface area contributed by atoms with Crippen molar-refractivity contribution >= 4 is 5.97 Å². The maximum atomic E-state index is 13.2. The van der Waals surface area contributed by atoms with Crippen molar-refractivity contribution in [3.05, 3.63) is 46.1 Å². The minimum absolute atomic E-state index is 0.255. The fourth-order valence-corrected chi connectivity index (χ4v) is 1.69. The van der Waals surface area contributed by atoms with Crippen molar-refractivity contribution in [3.8, 4) is 0 Å². The average Bonchev–Trinajstić information content (AvgIpc) is 2.43. The number of hydrogen-bond acceptors (Lipinski definition) is 4. The molecule has 1 aromatic carbocycles. The van der Waals surface area contributed by atoms with Crippen molar-refractivity contribution < 1.29 is 13.9 Å². The summed E-state index contributed by atoms with van der Waals surface area (Å²) < 4.78 is 18.2. The Morgan fingerprint density at radius 3 is 3.05 bits per heavy atom. The second kappa shape index (κ2) is 8.90. The van der Waals surface area contributed by atoms with E-state index in [0.717, 1.165) is 0 Å². The van der Waals surface area contributed by atoms with Gasteiger partial charge >= 0.3 is 5.97 Å². The van der Waals surface area contributed by atoms with Gasteiger partial charge in [0.15, 0.2) is 0 Å². The lowest BCUT2D eigenvalue weighted by atomic mass is 10.1. The number of carbonyl (C=O) groups excluding carboxylic acids is 1. The van der Waals surface area contributed by atoms with Gasteiger partial charge in [0.2, 0.25) is 0 Å². The van der Waals surface area contributed by atoms with Gasteiger partial charge in [-0.2, -0.15) is 0 Å². The number of carbonyl (C=O) groups is 1. The first-order valence-corrected chi connectivity index (χ1v) is 6.35. The van der Waals surface area contributed by atoms with Crippen molar-refractivity contribution in [3.63, 3.8) is 0 Å². The predicted octanol–water partition coefficient (Wildman–Crippen LogP) is 2.72. The molecule has 0 amide bonds. The average molecular weight is 280 g/mol. The Labute approximate surface area is 116 Å². The van der Waals surface area contributed by atoms with Gasteiger partial charge in [0.1, 0.15) is 11.9 Å². The molecule has 108 valence electrons. The topological polar surface area (TPSA) is 87.1 Å². The van der Waals surface area contributed by atoms with Gasteiger partial charge in [-0.3, -0.25) is 0 Å². The number of esters is 1. The Balaban J connectivity index is 2.70.